The molecule has 0 aliphatic heterocycles. The molecular formula is C15H10BrClN2OS2. The van der Waals surface area contributed by atoms with Crippen LogP contribution in [0.5, 0.6) is 0 Å². The molecule has 1 aromatic carbocycles. The number of halogens is 2. The first-order valence-corrected chi connectivity index (χ1v) is 9.21. The number of benzene rings is 1. The van der Waals surface area contributed by atoms with Gasteiger partial charge in [-0.3, -0.25) is 10.1 Å². The van der Waals surface area contributed by atoms with Gasteiger partial charge >= 0.3 is 0 Å². The Kier molecular flexibility index (Phi) is 4.93. The average molecular weight is 414 g/mol. The number of hydrogen-bond acceptors (Lipinski definition) is 4. The lowest BCUT2D eigenvalue weighted by molar-refractivity contribution is 0.103. The second-order valence-electron chi connectivity index (χ2n) is 4.52. The van der Waals surface area contributed by atoms with E-state index in [0.29, 0.717) is 10.0 Å². The fourth-order valence-electron chi connectivity index (χ4n) is 1.89. The van der Waals surface area contributed by atoms with Crippen LogP contribution < -0.4 is 5.32 Å². The minimum Gasteiger partial charge on any atom is -0.297 e. The van der Waals surface area contributed by atoms with E-state index < -0.39 is 0 Å². The SMILES string of the molecule is O=C(Nc1ncc(Cc2cccc(Cl)c2)s1)c1cc(Br)cs1. The fraction of sp³-hybridized carbons (Fsp3) is 0.0667. The van der Waals surface area contributed by atoms with E-state index in [2.05, 4.69) is 26.2 Å². The Labute approximate surface area is 149 Å². The third-order valence-corrected chi connectivity index (χ3v) is 5.67. The van der Waals surface area contributed by atoms with Crippen molar-refractivity contribution in [3.63, 3.8) is 0 Å². The summed E-state index contributed by atoms with van der Waals surface area (Å²) in [5.74, 6) is -0.139. The lowest BCUT2D eigenvalue weighted by Crippen LogP contribution is -2.09. The molecule has 1 N–H and O–H groups in total. The highest BCUT2D eigenvalue weighted by atomic mass is 79.9. The first-order chi connectivity index (χ1) is 10.6. The predicted molar refractivity (Wildman–Crippen MR) is 96.3 cm³/mol. The topological polar surface area (TPSA) is 42.0 Å². The molecule has 0 fully saturated rings. The van der Waals surface area contributed by atoms with Crippen molar-refractivity contribution in [2.75, 3.05) is 5.32 Å². The largest absolute Gasteiger partial charge is 0.297 e. The van der Waals surface area contributed by atoms with E-state index in [1.807, 2.05) is 29.6 Å². The van der Waals surface area contributed by atoms with Crippen LogP contribution in [0.1, 0.15) is 20.1 Å². The van der Waals surface area contributed by atoms with Gasteiger partial charge in [0.2, 0.25) is 0 Å². The third-order valence-electron chi connectivity index (χ3n) is 2.83. The van der Waals surface area contributed by atoms with Gasteiger partial charge in [0.15, 0.2) is 5.13 Å². The number of aromatic nitrogens is 1. The van der Waals surface area contributed by atoms with Gasteiger partial charge in [-0.2, -0.15) is 0 Å². The highest BCUT2D eigenvalue weighted by Crippen LogP contribution is 2.25. The highest BCUT2D eigenvalue weighted by molar-refractivity contribution is 9.10. The number of amides is 1. The molecule has 2 heterocycles. The number of hydrogen-bond donors (Lipinski definition) is 1. The molecule has 7 heteroatoms. The zero-order valence-corrected chi connectivity index (χ0v) is 15.2. The molecule has 3 rings (SSSR count). The molecule has 3 nitrogen and oxygen atoms in total. The Morgan fingerprint density at radius 2 is 2.23 bits per heavy atom. The van der Waals surface area contributed by atoms with Crippen molar-refractivity contribution in [2.45, 2.75) is 6.42 Å². The minimum absolute atomic E-state index is 0.139. The Balaban J connectivity index is 1.67. The van der Waals surface area contributed by atoms with Crippen LogP contribution >= 0.6 is 50.2 Å². The van der Waals surface area contributed by atoms with Crippen molar-refractivity contribution in [2.24, 2.45) is 0 Å². The predicted octanol–water partition coefficient (Wildman–Crippen LogP) is 5.46. The molecule has 22 heavy (non-hydrogen) atoms. The maximum atomic E-state index is 12.1. The second kappa shape index (κ2) is 6.91. The molecule has 3 aromatic rings. The molecule has 0 aliphatic carbocycles. The molecule has 0 saturated carbocycles. The molecule has 112 valence electrons. The van der Waals surface area contributed by atoms with E-state index in [1.165, 1.54) is 22.7 Å². The van der Waals surface area contributed by atoms with Gasteiger partial charge in [0.05, 0.1) is 4.88 Å². The maximum absolute atomic E-state index is 12.1. The maximum Gasteiger partial charge on any atom is 0.267 e. The molecule has 0 saturated heterocycles. The normalized spacial score (nSPS) is 10.6. The summed E-state index contributed by atoms with van der Waals surface area (Å²) in [6.07, 6.45) is 2.53. The minimum atomic E-state index is -0.139. The van der Waals surface area contributed by atoms with Gasteiger partial charge in [0.25, 0.3) is 5.91 Å². The van der Waals surface area contributed by atoms with Crippen molar-refractivity contribution < 1.29 is 4.79 Å². The number of nitrogens with one attached hydrogen (secondary N) is 1. The van der Waals surface area contributed by atoms with Crippen LogP contribution in [0.3, 0.4) is 0 Å². The van der Waals surface area contributed by atoms with Crippen LogP contribution in [0, 0.1) is 0 Å². The van der Waals surface area contributed by atoms with Crippen molar-refractivity contribution in [1.29, 1.82) is 0 Å². The summed E-state index contributed by atoms with van der Waals surface area (Å²) < 4.78 is 0.906. The molecular weight excluding hydrogens is 404 g/mol. The number of carbonyl (C=O) groups is 1. The summed E-state index contributed by atoms with van der Waals surface area (Å²) in [7, 11) is 0. The van der Waals surface area contributed by atoms with E-state index >= 15 is 0 Å². The van der Waals surface area contributed by atoms with Gasteiger partial charge in [-0.25, -0.2) is 4.98 Å². The van der Waals surface area contributed by atoms with E-state index in [9.17, 15) is 4.79 Å². The van der Waals surface area contributed by atoms with Crippen LogP contribution in [0.4, 0.5) is 5.13 Å². The molecule has 0 unspecified atom stereocenters. The molecule has 0 aliphatic rings. The molecule has 0 bridgehead atoms. The van der Waals surface area contributed by atoms with Crippen molar-refractivity contribution >= 4 is 61.2 Å². The summed E-state index contributed by atoms with van der Waals surface area (Å²) in [4.78, 5) is 18.0. The molecule has 2 aromatic heterocycles. The first-order valence-electron chi connectivity index (χ1n) is 6.35. The zero-order valence-electron chi connectivity index (χ0n) is 11.2. The third kappa shape index (κ3) is 3.95. The second-order valence-corrected chi connectivity index (χ2v) is 7.90. The fourth-order valence-corrected chi connectivity index (χ4v) is 4.26. The number of rotatable bonds is 4. The Hall–Kier alpha value is -1.21. The van der Waals surface area contributed by atoms with Crippen LogP contribution in [-0.4, -0.2) is 10.9 Å². The van der Waals surface area contributed by atoms with Gasteiger partial charge in [0, 0.05) is 32.4 Å². The molecule has 0 spiro atoms. The van der Waals surface area contributed by atoms with Crippen LogP contribution in [0.2, 0.25) is 5.02 Å². The van der Waals surface area contributed by atoms with Crippen LogP contribution in [-0.2, 0) is 6.42 Å². The van der Waals surface area contributed by atoms with Gasteiger partial charge < -0.3 is 0 Å². The molecule has 0 radical (unpaired) electrons. The smallest absolute Gasteiger partial charge is 0.267 e. The molecule has 0 atom stereocenters. The summed E-state index contributed by atoms with van der Waals surface area (Å²) in [6, 6.07) is 9.52. The summed E-state index contributed by atoms with van der Waals surface area (Å²) in [6.45, 7) is 0. The number of carbonyl (C=O) groups excluding carboxylic acids is 1. The zero-order chi connectivity index (χ0) is 15.5. The van der Waals surface area contributed by atoms with E-state index in [1.54, 1.807) is 12.3 Å². The Morgan fingerprint density at radius 3 is 2.95 bits per heavy atom. The van der Waals surface area contributed by atoms with Crippen LogP contribution in [0.15, 0.2) is 46.4 Å². The van der Waals surface area contributed by atoms with E-state index in [4.69, 9.17) is 11.6 Å². The average Bonchev–Trinajstić information content (AvgIpc) is 3.08. The summed E-state index contributed by atoms with van der Waals surface area (Å²) in [5.41, 5.74) is 1.12. The summed E-state index contributed by atoms with van der Waals surface area (Å²) in [5, 5.41) is 6.02. The summed E-state index contributed by atoms with van der Waals surface area (Å²) >= 11 is 12.2. The van der Waals surface area contributed by atoms with E-state index in [-0.39, 0.29) is 5.91 Å². The Bertz CT molecular complexity index is 815. The number of anilines is 1. The molecule has 1 amide bonds. The lowest BCUT2D eigenvalue weighted by Gasteiger charge is -1.99. The standard InChI is InChI=1S/C15H10BrClN2OS2/c16-10-6-13(21-8-10)14(20)19-15-18-7-12(22-15)5-9-2-1-3-11(17)4-9/h1-4,6-8H,5H2,(H,18,19,20). The number of thiazole rings is 1. The van der Waals surface area contributed by atoms with Crippen molar-refractivity contribution in [3.05, 3.63) is 66.7 Å². The van der Waals surface area contributed by atoms with Gasteiger partial charge in [-0.05, 0) is 39.7 Å². The van der Waals surface area contributed by atoms with E-state index in [0.717, 1.165) is 26.4 Å². The van der Waals surface area contributed by atoms with Crippen LogP contribution in [0.25, 0.3) is 0 Å². The monoisotopic (exact) mass is 412 g/mol. The van der Waals surface area contributed by atoms with Crippen molar-refractivity contribution in [3.8, 4) is 0 Å². The van der Waals surface area contributed by atoms with Crippen molar-refractivity contribution in [1.82, 2.24) is 4.98 Å². The van der Waals surface area contributed by atoms with Gasteiger partial charge in [-0.15, -0.1) is 22.7 Å². The Morgan fingerprint density at radius 1 is 1.36 bits per heavy atom. The quantitative estimate of drug-likeness (QED) is 0.617. The number of thiophene rings is 1. The lowest BCUT2D eigenvalue weighted by atomic mass is 10.1. The van der Waals surface area contributed by atoms with Gasteiger partial charge in [0.1, 0.15) is 0 Å². The first kappa shape index (κ1) is 15.7. The van der Waals surface area contributed by atoms with Gasteiger partial charge in [-0.1, -0.05) is 23.7 Å². The highest BCUT2D eigenvalue weighted by Gasteiger charge is 2.11. The number of nitrogens with zero attached hydrogens (tertiary/aromatic N) is 1.